The van der Waals surface area contributed by atoms with Crippen molar-refractivity contribution < 1.29 is 9.53 Å². The van der Waals surface area contributed by atoms with Crippen LogP contribution >= 0.6 is 31.9 Å². The summed E-state index contributed by atoms with van der Waals surface area (Å²) in [7, 11) is 0. The summed E-state index contributed by atoms with van der Waals surface area (Å²) < 4.78 is 5.72. The molecule has 0 bridgehead atoms. The van der Waals surface area contributed by atoms with Crippen molar-refractivity contribution in [2.45, 2.75) is 11.4 Å². The third-order valence-corrected chi connectivity index (χ3v) is 5.04. The van der Waals surface area contributed by atoms with Crippen LogP contribution in [0.1, 0.15) is 15.9 Å². The van der Waals surface area contributed by atoms with Crippen molar-refractivity contribution in [2.24, 2.45) is 0 Å². The predicted octanol–water partition coefficient (Wildman–Crippen LogP) is 4.61. The van der Waals surface area contributed by atoms with Gasteiger partial charge in [0.05, 0.1) is 4.83 Å². The maximum atomic E-state index is 12.1. The fourth-order valence-corrected chi connectivity index (χ4v) is 2.29. The zero-order valence-electron chi connectivity index (χ0n) is 10.8. The Morgan fingerprint density at radius 3 is 2.55 bits per heavy atom. The van der Waals surface area contributed by atoms with E-state index in [4.69, 9.17) is 4.74 Å². The number of ketones is 1. The van der Waals surface area contributed by atoms with Gasteiger partial charge in [0.2, 0.25) is 0 Å². The molecule has 2 rings (SSSR count). The Morgan fingerprint density at radius 1 is 1.10 bits per heavy atom. The van der Waals surface area contributed by atoms with E-state index in [0.717, 1.165) is 5.56 Å². The molecule has 0 saturated carbocycles. The summed E-state index contributed by atoms with van der Waals surface area (Å²) in [6.07, 6.45) is 0. The number of carbonyl (C=O) groups excluding carboxylic acids is 1. The minimum Gasteiger partial charge on any atom is -0.489 e. The van der Waals surface area contributed by atoms with E-state index in [1.807, 2.05) is 42.5 Å². The van der Waals surface area contributed by atoms with Gasteiger partial charge in [-0.15, -0.1) is 0 Å². The van der Waals surface area contributed by atoms with Crippen molar-refractivity contribution in [3.8, 4) is 5.75 Å². The molecule has 0 spiro atoms. The number of ether oxygens (including phenoxy) is 1. The first-order valence-corrected chi connectivity index (χ1v) is 8.25. The molecule has 20 heavy (non-hydrogen) atoms. The van der Waals surface area contributed by atoms with Crippen LogP contribution < -0.4 is 4.74 Å². The van der Waals surface area contributed by atoms with Crippen LogP contribution in [0.25, 0.3) is 0 Å². The highest BCUT2D eigenvalue weighted by Crippen LogP contribution is 2.19. The van der Waals surface area contributed by atoms with E-state index in [-0.39, 0.29) is 10.6 Å². The van der Waals surface area contributed by atoms with Crippen molar-refractivity contribution in [1.29, 1.82) is 0 Å². The number of Topliss-reactive ketones (excluding diaryl/α,β-unsaturated/α-hetero) is 1. The Morgan fingerprint density at radius 2 is 1.85 bits per heavy atom. The summed E-state index contributed by atoms with van der Waals surface area (Å²) in [6.45, 7) is 0.495. The Balaban J connectivity index is 2.05. The number of alkyl halides is 2. The molecule has 1 atom stereocenters. The van der Waals surface area contributed by atoms with Gasteiger partial charge in [-0.05, 0) is 17.7 Å². The van der Waals surface area contributed by atoms with Crippen molar-refractivity contribution in [2.75, 3.05) is 5.33 Å². The molecule has 0 N–H and O–H groups in total. The quantitative estimate of drug-likeness (QED) is 0.525. The Labute approximate surface area is 135 Å². The van der Waals surface area contributed by atoms with Crippen molar-refractivity contribution in [3.63, 3.8) is 0 Å². The number of hydrogen-bond donors (Lipinski definition) is 0. The second-order valence-corrected chi connectivity index (χ2v) is 6.04. The Hall–Kier alpha value is -1.13. The number of benzene rings is 2. The smallest absolute Gasteiger partial charge is 0.177 e. The van der Waals surface area contributed by atoms with E-state index in [1.54, 1.807) is 12.1 Å². The molecule has 0 aromatic heterocycles. The highest BCUT2D eigenvalue weighted by atomic mass is 79.9. The van der Waals surface area contributed by atoms with Crippen LogP contribution in [0.5, 0.6) is 5.75 Å². The minimum atomic E-state index is -0.216. The molecule has 0 saturated heterocycles. The Bertz CT molecular complexity index is 570. The van der Waals surface area contributed by atoms with Crippen molar-refractivity contribution >= 4 is 37.6 Å². The first-order chi connectivity index (χ1) is 9.70. The van der Waals surface area contributed by atoms with Gasteiger partial charge in [0.1, 0.15) is 12.4 Å². The molecule has 0 radical (unpaired) electrons. The van der Waals surface area contributed by atoms with Crippen molar-refractivity contribution in [3.05, 3.63) is 65.7 Å². The molecular formula is C16H14Br2O2. The SMILES string of the molecule is O=C(c1cccc(OCc2ccccc2)c1)C(Br)CBr. The molecule has 0 amide bonds. The number of hydrogen-bond acceptors (Lipinski definition) is 2. The monoisotopic (exact) mass is 396 g/mol. The normalized spacial score (nSPS) is 11.9. The number of halogens is 2. The summed E-state index contributed by atoms with van der Waals surface area (Å²) in [5.41, 5.74) is 1.75. The zero-order valence-corrected chi connectivity index (χ0v) is 13.9. The average molecular weight is 398 g/mol. The molecule has 1 unspecified atom stereocenters. The van der Waals surface area contributed by atoms with Crippen LogP contribution in [0.2, 0.25) is 0 Å². The van der Waals surface area contributed by atoms with Gasteiger partial charge in [-0.25, -0.2) is 0 Å². The van der Waals surface area contributed by atoms with Gasteiger partial charge in [0, 0.05) is 10.9 Å². The van der Waals surface area contributed by atoms with Gasteiger partial charge in [-0.2, -0.15) is 0 Å². The van der Waals surface area contributed by atoms with Gasteiger partial charge >= 0.3 is 0 Å². The fourth-order valence-electron chi connectivity index (χ4n) is 1.73. The Kier molecular flexibility index (Phi) is 5.80. The summed E-state index contributed by atoms with van der Waals surface area (Å²) in [4.78, 5) is 11.9. The first kappa shape index (κ1) is 15.3. The maximum absolute atomic E-state index is 12.1. The molecule has 104 valence electrons. The number of carbonyl (C=O) groups is 1. The molecular weight excluding hydrogens is 384 g/mol. The number of rotatable bonds is 6. The summed E-state index contributed by atoms with van der Waals surface area (Å²) in [5.74, 6) is 0.751. The molecule has 0 fully saturated rings. The summed E-state index contributed by atoms with van der Waals surface area (Å²) >= 11 is 6.64. The highest BCUT2D eigenvalue weighted by Gasteiger charge is 2.15. The zero-order chi connectivity index (χ0) is 14.4. The topological polar surface area (TPSA) is 26.3 Å². The van der Waals surface area contributed by atoms with Gasteiger partial charge in [-0.1, -0.05) is 74.3 Å². The van der Waals surface area contributed by atoms with Gasteiger partial charge in [0.25, 0.3) is 0 Å². The first-order valence-electron chi connectivity index (χ1n) is 6.21. The summed E-state index contributed by atoms with van der Waals surface area (Å²) in [5, 5.41) is 0.584. The fraction of sp³-hybridized carbons (Fsp3) is 0.188. The highest BCUT2D eigenvalue weighted by molar-refractivity contribution is 9.12. The van der Waals surface area contributed by atoms with E-state index in [2.05, 4.69) is 31.9 Å². The van der Waals surface area contributed by atoms with E-state index >= 15 is 0 Å². The van der Waals surface area contributed by atoms with Gasteiger partial charge in [0.15, 0.2) is 5.78 Å². The molecule has 0 aliphatic rings. The van der Waals surface area contributed by atoms with E-state index < -0.39 is 0 Å². The molecule has 0 heterocycles. The van der Waals surface area contributed by atoms with Crippen LogP contribution in [-0.4, -0.2) is 15.9 Å². The third kappa shape index (κ3) is 4.18. The van der Waals surface area contributed by atoms with Crippen LogP contribution in [0.15, 0.2) is 54.6 Å². The molecule has 2 nitrogen and oxygen atoms in total. The minimum absolute atomic E-state index is 0.0482. The summed E-state index contributed by atoms with van der Waals surface area (Å²) in [6, 6.07) is 17.2. The molecule has 0 aliphatic carbocycles. The van der Waals surface area contributed by atoms with Gasteiger partial charge < -0.3 is 4.74 Å². The molecule has 0 aliphatic heterocycles. The van der Waals surface area contributed by atoms with Crippen LogP contribution in [-0.2, 0) is 6.61 Å². The van der Waals surface area contributed by atoms with Gasteiger partial charge in [-0.3, -0.25) is 4.79 Å². The van der Waals surface area contributed by atoms with Crippen LogP contribution in [0.3, 0.4) is 0 Å². The van der Waals surface area contributed by atoms with E-state index in [1.165, 1.54) is 0 Å². The lowest BCUT2D eigenvalue weighted by Gasteiger charge is -2.09. The van der Waals surface area contributed by atoms with E-state index in [0.29, 0.717) is 23.2 Å². The maximum Gasteiger partial charge on any atom is 0.177 e. The predicted molar refractivity (Wildman–Crippen MR) is 88.1 cm³/mol. The largest absolute Gasteiger partial charge is 0.489 e. The molecule has 2 aromatic rings. The second-order valence-electron chi connectivity index (χ2n) is 4.29. The lowest BCUT2D eigenvalue weighted by atomic mass is 10.1. The van der Waals surface area contributed by atoms with E-state index in [9.17, 15) is 4.79 Å². The van der Waals surface area contributed by atoms with Crippen molar-refractivity contribution in [1.82, 2.24) is 0 Å². The lowest BCUT2D eigenvalue weighted by molar-refractivity contribution is 0.0997. The average Bonchev–Trinajstić information content (AvgIpc) is 2.52. The second kappa shape index (κ2) is 7.60. The van der Waals surface area contributed by atoms with Crippen LogP contribution in [0, 0.1) is 0 Å². The van der Waals surface area contributed by atoms with Crippen LogP contribution in [0.4, 0.5) is 0 Å². The molecule has 4 heteroatoms. The third-order valence-electron chi connectivity index (χ3n) is 2.79. The lowest BCUT2D eigenvalue weighted by Crippen LogP contribution is -2.15. The standard InChI is InChI=1S/C16H14Br2O2/c17-10-15(18)16(19)13-7-4-8-14(9-13)20-11-12-5-2-1-3-6-12/h1-9,15H,10-11H2. The molecule has 2 aromatic carbocycles.